The maximum absolute atomic E-state index is 12.8. The minimum absolute atomic E-state index is 0.00370. The lowest BCUT2D eigenvalue weighted by Gasteiger charge is -2.03. The Morgan fingerprint density at radius 2 is 2.24 bits per heavy atom. The lowest BCUT2D eigenvalue weighted by atomic mass is 10.6. The molecule has 2 rings (SSSR count). The van der Waals surface area contributed by atoms with E-state index in [1.165, 1.54) is 6.07 Å². The molecule has 0 bridgehead atoms. The summed E-state index contributed by atoms with van der Waals surface area (Å²) in [5.41, 5.74) is 5.16. The highest BCUT2D eigenvalue weighted by molar-refractivity contribution is 7.89. The topological polar surface area (TPSA) is 95.2 Å². The quantitative estimate of drug-likeness (QED) is 0.840. The van der Waals surface area contributed by atoms with E-state index in [2.05, 4.69) is 14.2 Å². The average Bonchev–Trinajstić information content (AvgIpc) is 2.77. The largest absolute Gasteiger partial charge is 0.381 e. The van der Waals surface area contributed by atoms with E-state index in [0.717, 1.165) is 17.5 Å². The standard InChI is InChI=1S/C8H6FN3O3S2/c9-5-4-11-8(12-7(5)10)15-17(13,14)6-2-1-3-16-6/h1-4H,(H2,10,11,12). The molecule has 0 fully saturated rings. The van der Waals surface area contributed by atoms with E-state index >= 15 is 0 Å². The van der Waals surface area contributed by atoms with Crippen LogP contribution in [0.15, 0.2) is 27.9 Å². The van der Waals surface area contributed by atoms with Gasteiger partial charge in [0.05, 0.1) is 6.20 Å². The molecule has 0 aliphatic rings. The summed E-state index contributed by atoms with van der Waals surface area (Å²) in [5.74, 6) is -1.32. The van der Waals surface area contributed by atoms with Crippen LogP contribution in [0.4, 0.5) is 10.2 Å². The average molecular weight is 275 g/mol. The van der Waals surface area contributed by atoms with E-state index in [1.54, 1.807) is 11.4 Å². The van der Waals surface area contributed by atoms with E-state index in [1.807, 2.05) is 0 Å². The fourth-order valence-electron chi connectivity index (χ4n) is 0.948. The molecule has 2 heterocycles. The summed E-state index contributed by atoms with van der Waals surface area (Å²) in [6.45, 7) is 0. The van der Waals surface area contributed by atoms with Crippen LogP contribution < -0.4 is 9.92 Å². The Bertz CT molecular complexity index is 627. The number of aromatic nitrogens is 2. The molecule has 6 nitrogen and oxygen atoms in total. The molecule has 0 amide bonds. The minimum Gasteiger partial charge on any atom is -0.381 e. The summed E-state index contributed by atoms with van der Waals surface area (Å²) in [7, 11) is -3.98. The number of hydrogen-bond acceptors (Lipinski definition) is 7. The SMILES string of the molecule is Nc1nc(OS(=O)(=O)c2cccs2)ncc1F. The minimum atomic E-state index is -3.98. The molecule has 2 aromatic rings. The van der Waals surface area contributed by atoms with Crippen molar-refractivity contribution in [1.82, 2.24) is 9.97 Å². The summed E-state index contributed by atoms with van der Waals surface area (Å²) in [4.78, 5) is 6.73. The molecule has 0 radical (unpaired) electrons. The Morgan fingerprint density at radius 1 is 1.47 bits per heavy atom. The predicted molar refractivity (Wildman–Crippen MR) is 58.5 cm³/mol. The number of nitrogen functional groups attached to an aromatic ring is 1. The van der Waals surface area contributed by atoms with Crippen molar-refractivity contribution in [3.05, 3.63) is 29.5 Å². The number of thiophene rings is 1. The first-order valence-corrected chi connectivity index (χ1v) is 6.54. The van der Waals surface area contributed by atoms with E-state index in [9.17, 15) is 12.8 Å². The molecule has 0 saturated heterocycles. The molecule has 0 atom stereocenters. The summed E-state index contributed by atoms with van der Waals surface area (Å²) in [5, 5.41) is 1.58. The molecule has 0 spiro atoms. The zero-order valence-corrected chi connectivity index (χ0v) is 9.83. The third kappa shape index (κ3) is 2.50. The van der Waals surface area contributed by atoms with Crippen molar-refractivity contribution in [3.8, 4) is 6.01 Å². The number of rotatable bonds is 3. The number of halogens is 1. The van der Waals surface area contributed by atoms with Gasteiger partial charge in [-0.05, 0) is 11.4 Å². The molecular formula is C8H6FN3O3S2. The van der Waals surface area contributed by atoms with Crippen LogP contribution in [0.25, 0.3) is 0 Å². The van der Waals surface area contributed by atoms with Crippen molar-refractivity contribution >= 4 is 27.3 Å². The van der Waals surface area contributed by atoms with Gasteiger partial charge in [0.25, 0.3) is 0 Å². The first kappa shape index (κ1) is 11.7. The zero-order valence-electron chi connectivity index (χ0n) is 8.20. The van der Waals surface area contributed by atoms with Crippen LogP contribution in [-0.4, -0.2) is 18.4 Å². The van der Waals surface area contributed by atoms with Crippen LogP contribution in [0.3, 0.4) is 0 Å². The molecule has 2 N–H and O–H groups in total. The third-order valence-corrected chi connectivity index (χ3v) is 4.23. The van der Waals surface area contributed by atoms with Crippen LogP contribution >= 0.6 is 11.3 Å². The molecule has 9 heteroatoms. The molecule has 0 aliphatic carbocycles. The predicted octanol–water partition coefficient (Wildman–Crippen LogP) is 1.03. The molecule has 0 unspecified atom stereocenters. The van der Waals surface area contributed by atoms with Gasteiger partial charge in [-0.25, -0.2) is 4.39 Å². The van der Waals surface area contributed by atoms with Gasteiger partial charge in [-0.15, -0.1) is 11.3 Å². The smallest absolute Gasteiger partial charge is 0.351 e. The molecule has 0 saturated carbocycles. The van der Waals surface area contributed by atoms with Gasteiger partial charge in [0.1, 0.15) is 0 Å². The van der Waals surface area contributed by atoms with Gasteiger partial charge in [0.2, 0.25) is 0 Å². The molecular weight excluding hydrogens is 269 g/mol. The summed E-state index contributed by atoms with van der Waals surface area (Å²) >= 11 is 0.983. The molecule has 2 aromatic heterocycles. The van der Waals surface area contributed by atoms with Crippen LogP contribution in [0.5, 0.6) is 6.01 Å². The highest BCUT2D eigenvalue weighted by atomic mass is 32.3. The van der Waals surface area contributed by atoms with Crippen molar-refractivity contribution in [2.45, 2.75) is 4.21 Å². The number of anilines is 1. The first-order valence-electron chi connectivity index (χ1n) is 4.25. The first-order chi connectivity index (χ1) is 7.99. The Hall–Kier alpha value is -1.74. The van der Waals surface area contributed by atoms with Crippen molar-refractivity contribution in [2.75, 3.05) is 5.73 Å². The molecule has 0 aromatic carbocycles. The van der Waals surface area contributed by atoms with E-state index in [4.69, 9.17) is 5.73 Å². The fourth-order valence-corrected chi connectivity index (χ4v) is 2.74. The lowest BCUT2D eigenvalue weighted by Crippen LogP contribution is -2.11. The highest BCUT2D eigenvalue weighted by Gasteiger charge is 2.19. The summed E-state index contributed by atoms with van der Waals surface area (Å²) in [6.07, 6.45) is 0.738. The van der Waals surface area contributed by atoms with E-state index in [0.29, 0.717) is 0 Å². The maximum atomic E-state index is 12.8. The van der Waals surface area contributed by atoms with Gasteiger partial charge in [-0.1, -0.05) is 6.07 Å². The Morgan fingerprint density at radius 3 is 2.82 bits per heavy atom. The maximum Gasteiger partial charge on any atom is 0.351 e. The van der Waals surface area contributed by atoms with Gasteiger partial charge < -0.3 is 9.92 Å². The number of nitrogens with zero attached hydrogens (tertiary/aromatic N) is 2. The Labute approximate surface area is 100 Å². The second-order valence-electron chi connectivity index (χ2n) is 2.86. The second kappa shape index (κ2) is 4.26. The lowest BCUT2D eigenvalue weighted by molar-refractivity contribution is 0.463. The Kier molecular flexibility index (Phi) is 2.94. The number of hydrogen-bond donors (Lipinski definition) is 1. The molecule has 0 aliphatic heterocycles. The van der Waals surface area contributed by atoms with Crippen molar-refractivity contribution < 1.29 is 17.0 Å². The third-order valence-electron chi connectivity index (χ3n) is 1.67. The van der Waals surface area contributed by atoms with Gasteiger partial charge in [0.15, 0.2) is 15.8 Å². The van der Waals surface area contributed by atoms with Crippen molar-refractivity contribution in [2.24, 2.45) is 0 Å². The van der Waals surface area contributed by atoms with E-state index in [-0.39, 0.29) is 4.21 Å². The molecule has 90 valence electrons. The van der Waals surface area contributed by atoms with Crippen LogP contribution in [0, 0.1) is 5.82 Å². The normalized spacial score (nSPS) is 11.4. The van der Waals surface area contributed by atoms with Crippen LogP contribution in [-0.2, 0) is 10.1 Å². The van der Waals surface area contributed by atoms with E-state index < -0.39 is 27.8 Å². The fraction of sp³-hybridized carbons (Fsp3) is 0. The van der Waals surface area contributed by atoms with Crippen LogP contribution in [0.2, 0.25) is 0 Å². The van der Waals surface area contributed by atoms with Crippen LogP contribution in [0.1, 0.15) is 0 Å². The second-order valence-corrected chi connectivity index (χ2v) is 5.58. The van der Waals surface area contributed by atoms with Gasteiger partial charge in [-0.2, -0.15) is 18.4 Å². The van der Waals surface area contributed by atoms with Crippen molar-refractivity contribution in [1.29, 1.82) is 0 Å². The zero-order chi connectivity index (χ0) is 12.5. The summed E-state index contributed by atoms with van der Waals surface area (Å²) in [6, 6.07) is 2.41. The van der Waals surface area contributed by atoms with Crippen molar-refractivity contribution in [3.63, 3.8) is 0 Å². The summed E-state index contributed by atoms with van der Waals surface area (Å²) < 4.78 is 40.6. The van der Waals surface area contributed by atoms with Gasteiger partial charge in [-0.3, -0.25) is 0 Å². The van der Waals surface area contributed by atoms with Gasteiger partial charge in [0, 0.05) is 0 Å². The molecule has 17 heavy (non-hydrogen) atoms. The highest BCUT2D eigenvalue weighted by Crippen LogP contribution is 2.20. The Balaban J connectivity index is 2.30. The van der Waals surface area contributed by atoms with Gasteiger partial charge >= 0.3 is 16.1 Å². The number of nitrogens with two attached hydrogens (primary N) is 1. The monoisotopic (exact) mass is 275 g/mol.